The highest BCUT2D eigenvalue weighted by molar-refractivity contribution is 5.84. The van der Waals surface area contributed by atoms with Gasteiger partial charge >= 0.3 is 0 Å². The predicted molar refractivity (Wildman–Crippen MR) is 81.1 cm³/mol. The fourth-order valence-electron chi connectivity index (χ4n) is 2.60. The largest absolute Gasteiger partial charge is 0.229 e. The van der Waals surface area contributed by atoms with E-state index in [2.05, 4.69) is 42.4 Å². The van der Waals surface area contributed by atoms with Crippen LogP contribution < -0.4 is 0 Å². The highest BCUT2D eigenvalue weighted by atomic mass is 15.3. The van der Waals surface area contributed by atoms with Crippen LogP contribution in [0.4, 0.5) is 0 Å². The molecule has 0 saturated carbocycles. The van der Waals surface area contributed by atoms with E-state index in [1.54, 1.807) is 0 Å². The van der Waals surface area contributed by atoms with Crippen LogP contribution in [0.25, 0.3) is 27.6 Å². The van der Waals surface area contributed by atoms with Crippen molar-refractivity contribution in [2.24, 2.45) is 0 Å². The van der Waals surface area contributed by atoms with Gasteiger partial charge in [-0.2, -0.15) is 5.10 Å². The highest BCUT2D eigenvalue weighted by Crippen LogP contribution is 2.22. The Kier molecular flexibility index (Phi) is 2.33. The molecule has 20 heavy (non-hydrogen) atoms. The molecule has 0 aliphatic rings. The molecule has 4 aromatic rings. The first kappa shape index (κ1) is 11.2. The van der Waals surface area contributed by atoms with E-state index >= 15 is 0 Å². The third-order valence-corrected chi connectivity index (χ3v) is 3.59. The second-order valence-corrected chi connectivity index (χ2v) is 4.93. The number of nitrogens with zero attached hydrogens (tertiary/aromatic N) is 3. The quantitative estimate of drug-likeness (QED) is 0.519. The molecule has 0 fully saturated rings. The maximum atomic E-state index is 4.71. The Morgan fingerprint density at radius 2 is 1.70 bits per heavy atom. The van der Waals surface area contributed by atoms with Gasteiger partial charge in [-0.05, 0) is 30.7 Å². The van der Waals surface area contributed by atoms with E-state index in [9.17, 15) is 0 Å². The second-order valence-electron chi connectivity index (χ2n) is 4.93. The van der Waals surface area contributed by atoms with Gasteiger partial charge in [-0.1, -0.05) is 36.4 Å². The Labute approximate surface area is 116 Å². The van der Waals surface area contributed by atoms with Crippen molar-refractivity contribution in [3.8, 4) is 5.82 Å². The summed E-state index contributed by atoms with van der Waals surface area (Å²) in [5, 5.41) is 6.77. The summed E-state index contributed by atoms with van der Waals surface area (Å²) >= 11 is 0. The lowest BCUT2D eigenvalue weighted by atomic mass is 10.2. The molecule has 0 unspecified atom stereocenters. The Morgan fingerprint density at radius 1 is 0.850 bits per heavy atom. The number of benzene rings is 2. The minimum absolute atomic E-state index is 0.855. The third kappa shape index (κ3) is 1.60. The molecule has 0 bridgehead atoms. The molecule has 0 spiro atoms. The van der Waals surface area contributed by atoms with Crippen LogP contribution in [-0.2, 0) is 0 Å². The van der Waals surface area contributed by atoms with E-state index in [0.29, 0.717) is 0 Å². The summed E-state index contributed by atoms with van der Waals surface area (Å²) in [6, 6.07) is 18.5. The van der Waals surface area contributed by atoms with Crippen molar-refractivity contribution in [3.05, 3.63) is 66.4 Å². The molecular formula is C17H13N3. The molecule has 0 N–H and O–H groups in total. The number of hydrogen-bond acceptors (Lipinski definition) is 2. The summed E-state index contributed by atoms with van der Waals surface area (Å²) in [5.41, 5.74) is 3.31. The lowest BCUT2D eigenvalue weighted by molar-refractivity contribution is 0.878. The predicted octanol–water partition coefficient (Wildman–Crippen LogP) is 3.88. The molecule has 0 radical (unpaired) electrons. The highest BCUT2D eigenvalue weighted by Gasteiger charge is 2.08. The fourth-order valence-corrected chi connectivity index (χ4v) is 2.60. The summed E-state index contributed by atoms with van der Waals surface area (Å²) in [7, 11) is 0. The third-order valence-electron chi connectivity index (χ3n) is 3.59. The average molecular weight is 259 g/mol. The molecule has 96 valence electrons. The van der Waals surface area contributed by atoms with E-state index in [1.807, 2.05) is 35.1 Å². The maximum absolute atomic E-state index is 4.71. The number of hydrogen-bond donors (Lipinski definition) is 0. The van der Waals surface area contributed by atoms with Gasteiger partial charge in [0.1, 0.15) is 0 Å². The topological polar surface area (TPSA) is 30.7 Å². The lowest BCUT2D eigenvalue weighted by Crippen LogP contribution is -2.00. The molecule has 2 heterocycles. The summed E-state index contributed by atoms with van der Waals surface area (Å²) in [6.45, 7) is 2.10. The number of aromatic nitrogens is 3. The van der Waals surface area contributed by atoms with Crippen molar-refractivity contribution in [2.75, 3.05) is 0 Å². The molecule has 0 amide bonds. The average Bonchev–Trinajstić information content (AvgIpc) is 2.92. The Bertz CT molecular complexity index is 922. The van der Waals surface area contributed by atoms with Gasteiger partial charge < -0.3 is 0 Å². The minimum atomic E-state index is 0.855. The molecule has 3 heteroatoms. The molecule has 2 aromatic carbocycles. The summed E-state index contributed by atoms with van der Waals surface area (Å²) in [6.07, 6.45) is 1.89. The van der Waals surface area contributed by atoms with Gasteiger partial charge in [0.2, 0.25) is 0 Å². The number of rotatable bonds is 1. The molecule has 2 aromatic heterocycles. The van der Waals surface area contributed by atoms with Gasteiger partial charge in [0, 0.05) is 10.8 Å². The fraction of sp³-hybridized carbons (Fsp3) is 0.0588. The van der Waals surface area contributed by atoms with Crippen molar-refractivity contribution in [2.45, 2.75) is 6.92 Å². The Hall–Kier alpha value is -2.68. The number of aryl methyl sites for hydroxylation is 1. The van der Waals surface area contributed by atoms with Crippen LogP contribution >= 0.6 is 0 Å². The van der Waals surface area contributed by atoms with Gasteiger partial charge in [0.25, 0.3) is 0 Å². The second kappa shape index (κ2) is 4.17. The summed E-state index contributed by atoms with van der Waals surface area (Å²) in [5.74, 6) is 0.855. The van der Waals surface area contributed by atoms with Crippen molar-refractivity contribution in [1.29, 1.82) is 0 Å². The lowest BCUT2D eigenvalue weighted by Gasteiger charge is -2.06. The SMILES string of the molecule is Cc1cccc2cnn(-c3ccc4ccccc4n3)c12. The normalized spacial score (nSPS) is 11.2. The van der Waals surface area contributed by atoms with E-state index in [1.165, 1.54) is 5.56 Å². The van der Waals surface area contributed by atoms with Crippen molar-refractivity contribution < 1.29 is 0 Å². The molecule has 0 aliphatic carbocycles. The molecule has 0 aliphatic heterocycles. The summed E-state index contributed by atoms with van der Waals surface area (Å²) < 4.78 is 1.91. The van der Waals surface area contributed by atoms with Gasteiger partial charge in [-0.3, -0.25) is 0 Å². The molecule has 3 nitrogen and oxygen atoms in total. The molecule has 0 saturated heterocycles. The Balaban J connectivity index is 2.01. The van der Waals surface area contributed by atoms with Crippen LogP contribution in [0.2, 0.25) is 0 Å². The summed E-state index contributed by atoms with van der Waals surface area (Å²) in [4.78, 5) is 4.71. The first-order valence-corrected chi connectivity index (χ1v) is 6.62. The van der Waals surface area contributed by atoms with E-state index in [4.69, 9.17) is 4.98 Å². The van der Waals surface area contributed by atoms with Crippen LogP contribution in [0, 0.1) is 6.92 Å². The molecule has 0 atom stereocenters. The van der Waals surface area contributed by atoms with Gasteiger partial charge in [-0.15, -0.1) is 0 Å². The van der Waals surface area contributed by atoms with Crippen molar-refractivity contribution >= 4 is 21.8 Å². The monoisotopic (exact) mass is 259 g/mol. The van der Waals surface area contributed by atoms with Crippen LogP contribution in [0.5, 0.6) is 0 Å². The van der Waals surface area contributed by atoms with E-state index in [0.717, 1.165) is 27.6 Å². The minimum Gasteiger partial charge on any atom is -0.229 e. The first-order chi connectivity index (χ1) is 9.83. The maximum Gasteiger partial charge on any atom is 0.154 e. The van der Waals surface area contributed by atoms with Crippen molar-refractivity contribution in [1.82, 2.24) is 14.8 Å². The number of fused-ring (bicyclic) bond motifs is 2. The van der Waals surface area contributed by atoms with Gasteiger partial charge in [0.05, 0.1) is 17.2 Å². The van der Waals surface area contributed by atoms with E-state index in [-0.39, 0.29) is 0 Å². The van der Waals surface area contributed by atoms with Crippen LogP contribution in [0.3, 0.4) is 0 Å². The zero-order valence-electron chi connectivity index (χ0n) is 11.1. The molecular weight excluding hydrogens is 246 g/mol. The molecule has 4 rings (SSSR count). The van der Waals surface area contributed by atoms with Crippen LogP contribution in [0.15, 0.2) is 60.8 Å². The standard InChI is InChI=1S/C17H13N3/c1-12-5-4-7-14-11-18-20(17(12)14)16-10-9-13-6-2-3-8-15(13)19-16/h2-11H,1H3. The number of para-hydroxylation sites is 2. The van der Waals surface area contributed by atoms with Gasteiger partial charge in [0.15, 0.2) is 5.82 Å². The van der Waals surface area contributed by atoms with Gasteiger partial charge in [-0.25, -0.2) is 9.67 Å². The van der Waals surface area contributed by atoms with Crippen LogP contribution in [-0.4, -0.2) is 14.8 Å². The first-order valence-electron chi connectivity index (χ1n) is 6.62. The van der Waals surface area contributed by atoms with E-state index < -0.39 is 0 Å². The number of pyridine rings is 1. The zero-order chi connectivity index (χ0) is 13.5. The van der Waals surface area contributed by atoms with Crippen LogP contribution in [0.1, 0.15) is 5.56 Å². The Morgan fingerprint density at radius 3 is 2.65 bits per heavy atom. The smallest absolute Gasteiger partial charge is 0.154 e. The van der Waals surface area contributed by atoms with Crippen molar-refractivity contribution in [3.63, 3.8) is 0 Å². The zero-order valence-corrected chi connectivity index (χ0v) is 11.1.